The van der Waals surface area contributed by atoms with Crippen molar-refractivity contribution in [3.63, 3.8) is 0 Å². The molecule has 0 spiro atoms. The van der Waals surface area contributed by atoms with Crippen LogP contribution in [0.3, 0.4) is 0 Å². The van der Waals surface area contributed by atoms with Crippen molar-refractivity contribution < 1.29 is 9.53 Å². The summed E-state index contributed by atoms with van der Waals surface area (Å²) in [6, 6.07) is 20.1. The van der Waals surface area contributed by atoms with Crippen molar-refractivity contribution in [3.05, 3.63) is 110 Å². The van der Waals surface area contributed by atoms with Crippen LogP contribution in [0.2, 0.25) is 5.02 Å². The van der Waals surface area contributed by atoms with E-state index in [9.17, 15) is 9.59 Å². The van der Waals surface area contributed by atoms with Gasteiger partial charge in [-0.2, -0.15) is 9.78 Å². The van der Waals surface area contributed by atoms with E-state index in [1.165, 1.54) is 29.2 Å². The third kappa shape index (κ3) is 5.18. The lowest BCUT2D eigenvalue weighted by atomic mass is 10.1. The number of halogens is 1. The minimum atomic E-state index is -0.446. The highest BCUT2D eigenvalue weighted by Gasteiger charge is 2.20. The number of nitrogens with one attached hydrogen (secondary N) is 2. The average Bonchev–Trinajstić information content (AvgIpc) is 3.57. The first-order valence-electron chi connectivity index (χ1n) is 11.4. The molecule has 0 fully saturated rings. The molecule has 0 aliphatic rings. The van der Waals surface area contributed by atoms with Crippen molar-refractivity contribution in [1.29, 1.82) is 0 Å². The minimum absolute atomic E-state index is 0.190. The first-order chi connectivity index (χ1) is 17.9. The second-order valence-corrected chi connectivity index (χ2v) is 9.60. The van der Waals surface area contributed by atoms with Crippen LogP contribution in [-0.2, 0) is 6.42 Å². The first kappa shape index (κ1) is 24.5. The predicted molar refractivity (Wildman–Crippen MR) is 145 cm³/mol. The van der Waals surface area contributed by atoms with Crippen molar-refractivity contribution in [2.75, 3.05) is 12.4 Å². The number of rotatable bonds is 7. The van der Waals surface area contributed by atoms with Crippen molar-refractivity contribution in [3.8, 4) is 22.3 Å². The van der Waals surface area contributed by atoms with Crippen LogP contribution in [0.5, 0.6) is 5.75 Å². The van der Waals surface area contributed by atoms with Crippen molar-refractivity contribution in [2.24, 2.45) is 0 Å². The molecule has 10 heteroatoms. The van der Waals surface area contributed by atoms with Crippen molar-refractivity contribution in [2.45, 2.75) is 13.3 Å². The van der Waals surface area contributed by atoms with Crippen LogP contribution >= 0.6 is 22.9 Å². The molecule has 0 bridgehead atoms. The van der Waals surface area contributed by atoms with Gasteiger partial charge in [-0.25, -0.2) is 4.98 Å². The Kier molecular flexibility index (Phi) is 6.89. The third-order valence-electron chi connectivity index (χ3n) is 5.76. The maximum Gasteiger partial charge on any atom is 0.260 e. The van der Waals surface area contributed by atoms with Gasteiger partial charge in [-0.3, -0.25) is 14.6 Å². The van der Waals surface area contributed by atoms with Crippen LogP contribution in [0.15, 0.2) is 76.9 Å². The zero-order valence-electron chi connectivity index (χ0n) is 20.0. The number of hydrogen-bond donors (Lipinski definition) is 2. The lowest BCUT2D eigenvalue weighted by molar-refractivity contribution is 0.102. The minimum Gasteiger partial charge on any atom is -0.496 e. The van der Waals surface area contributed by atoms with E-state index in [0.29, 0.717) is 40.0 Å². The molecule has 5 rings (SSSR count). The van der Waals surface area contributed by atoms with Gasteiger partial charge in [0.15, 0.2) is 0 Å². The second-order valence-electron chi connectivity index (χ2n) is 8.22. The van der Waals surface area contributed by atoms with Crippen molar-refractivity contribution >= 4 is 34.7 Å². The van der Waals surface area contributed by atoms with E-state index >= 15 is 0 Å². The summed E-state index contributed by atoms with van der Waals surface area (Å²) in [5.74, 6) is 0.446. The quantitative estimate of drug-likeness (QED) is 0.289. The molecule has 0 aliphatic carbocycles. The molecule has 0 saturated carbocycles. The summed E-state index contributed by atoms with van der Waals surface area (Å²) < 4.78 is 6.75. The monoisotopic (exact) mass is 531 g/mol. The number of ether oxygens (including phenoxy) is 1. The number of hydrogen-bond acceptors (Lipinski definition) is 6. The zero-order chi connectivity index (χ0) is 25.9. The Morgan fingerprint density at radius 1 is 1.14 bits per heavy atom. The molecule has 5 aromatic rings. The number of thiophene rings is 1. The maximum atomic E-state index is 13.2. The highest BCUT2D eigenvalue weighted by atomic mass is 35.5. The summed E-state index contributed by atoms with van der Waals surface area (Å²) in [5, 5.41) is 9.85. The van der Waals surface area contributed by atoms with E-state index in [0.717, 1.165) is 10.4 Å². The van der Waals surface area contributed by atoms with Gasteiger partial charge in [0, 0.05) is 23.1 Å². The molecule has 0 aliphatic heterocycles. The van der Waals surface area contributed by atoms with Gasteiger partial charge in [0.05, 0.1) is 23.2 Å². The Morgan fingerprint density at radius 3 is 2.65 bits per heavy atom. The molecule has 186 valence electrons. The van der Waals surface area contributed by atoms with E-state index in [-0.39, 0.29) is 17.1 Å². The number of H-pyrrole nitrogens is 1. The van der Waals surface area contributed by atoms with Gasteiger partial charge in [0.25, 0.3) is 11.5 Å². The smallest absolute Gasteiger partial charge is 0.260 e. The van der Waals surface area contributed by atoms with E-state index < -0.39 is 5.91 Å². The van der Waals surface area contributed by atoms with Gasteiger partial charge in [-0.1, -0.05) is 48.0 Å². The molecule has 0 atom stereocenters. The Labute approximate surface area is 221 Å². The van der Waals surface area contributed by atoms with Gasteiger partial charge in [-0.15, -0.1) is 11.3 Å². The Hall–Kier alpha value is -4.21. The third-order valence-corrected chi connectivity index (χ3v) is 6.89. The van der Waals surface area contributed by atoms with Crippen LogP contribution in [0, 0.1) is 6.92 Å². The van der Waals surface area contributed by atoms with Gasteiger partial charge in [-0.05, 0) is 42.1 Å². The summed E-state index contributed by atoms with van der Waals surface area (Å²) in [7, 11) is 1.48. The lowest BCUT2D eigenvalue weighted by Crippen LogP contribution is -2.22. The summed E-state index contributed by atoms with van der Waals surface area (Å²) >= 11 is 7.63. The summed E-state index contributed by atoms with van der Waals surface area (Å²) in [6.07, 6.45) is 0.451. The first-order valence-corrected chi connectivity index (χ1v) is 12.6. The summed E-state index contributed by atoms with van der Waals surface area (Å²) in [4.78, 5) is 34.7. The molecule has 1 amide bonds. The van der Waals surface area contributed by atoms with E-state index in [1.807, 2.05) is 47.8 Å². The van der Waals surface area contributed by atoms with Crippen LogP contribution in [0.4, 0.5) is 5.82 Å². The van der Waals surface area contributed by atoms with Gasteiger partial charge < -0.3 is 10.1 Å². The summed E-state index contributed by atoms with van der Waals surface area (Å²) in [5.41, 5.74) is 2.76. The zero-order valence-corrected chi connectivity index (χ0v) is 21.6. The van der Waals surface area contributed by atoms with Crippen LogP contribution in [0.1, 0.15) is 27.2 Å². The molecule has 3 aromatic heterocycles. The molecule has 0 unspecified atom stereocenters. The fraction of sp³-hybridized carbons (Fsp3) is 0.111. The fourth-order valence-electron chi connectivity index (χ4n) is 3.92. The predicted octanol–water partition coefficient (Wildman–Crippen LogP) is 5.50. The number of aromatic amines is 1. The molecule has 2 aromatic carbocycles. The molecule has 8 nitrogen and oxygen atoms in total. The number of aromatic nitrogens is 4. The van der Waals surface area contributed by atoms with Crippen LogP contribution in [0.25, 0.3) is 16.5 Å². The number of anilines is 1. The number of benzene rings is 2. The molecule has 0 saturated heterocycles. The van der Waals surface area contributed by atoms with Crippen molar-refractivity contribution in [1.82, 2.24) is 19.7 Å². The molecule has 37 heavy (non-hydrogen) atoms. The molecular weight excluding hydrogens is 510 g/mol. The highest BCUT2D eigenvalue weighted by molar-refractivity contribution is 7.13. The largest absolute Gasteiger partial charge is 0.496 e. The molecule has 0 radical (unpaired) electrons. The van der Waals surface area contributed by atoms with E-state index in [4.69, 9.17) is 16.3 Å². The summed E-state index contributed by atoms with van der Waals surface area (Å²) in [6.45, 7) is 1.79. The maximum absolute atomic E-state index is 13.2. The number of aryl methyl sites for hydroxylation is 1. The van der Waals surface area contributed by atoms with E-state index in [2.05, 4.69) is 20.4 Å². The lowest BCUT2D eigenvalue weighted by Gasteiger charge is -2.12. The number of nitrogens with zero attached hydrogens (tertiary/aromatic N) is 3. The second kappa shape index (κ2) is 10.4. The number of carbonyl (C=O) groups is 1. The van der Waals surface area contributed by atoms with Gasteiger partial charge in [0.1, 0.15) is 17.3 Å². The highest BCUT2D eigenvalue weighted by Crippen LogP contribution is 2.29. The van der Waals surface area contributed by atoms with Gasteiger partial charge in [0.2, 0.25) is 5.95 Å². The number of amides is 1. The molecule has 3 heterocycles. The number of methoxy groups -OCH3 is 1. The van der Waals surface area contributed by atoms with Crippen LogP contribution in [-0.4, -0.2) is 32.8 Å². The van der Waals surface area contributed by atoms with Crippen LogP contribution < -0.4 is 15.6 Å². The Morgan fingerprint density at radius 2 is 1.95 bits per heavy atom. The molecular formula is C27H22ClN5O3S. The number of carbonyl (C=O) groups excluding carboxylic acids is 1. The normalized spacial score (nSPS) is 10.9. The van der Waals surface area contributed by atoms with E-state index in [1.54, 1.807) is 25.1 Å². The Balaban J connectivity index is 1.55. The average molecular weight is 532 g/mol. The topological polar surface area (TPSA) is 102 Å². The van der Waals surface area contributed by atoms with Gasteiger partial charge >= 0.3 is 0 Å². The Bertz CT molecular complexity index is 1630. The standard InChI is InChI=1S/C27H22ClN5O3S/c1-16-19(13-17-7-4-3-5-8-17)25(34)31-27(29-16)33-24(15-21(32-33)23-9-6-12-37-23)30-26(35)20-14-18(28)10-11-22(20)36-2/h3-12,14-15H,13H2,1-2H3,(H,30,35)(H,29,31,34). The molecule has 2 N–H and O–H groups in total. The SMILES string of the molecule is COc1ccc(Cl)cc1C(=O)Nc1cc(-c2cccs2)nn1-c1nc(C)c(Cc2ccccc2)c(=O)[nH]1. The fourth-order valence-corrected chi connectivity index (χ4v) is 4.78.